The highest BCUT2D eigenvalue weighted by atomic mass is 16.3. The predicted molar refractivity (Wildman–Crippen MR) is 98.4 cm³/mol. The lowest BCUT2D eigenvalue weighted by Crippen LogP contribution is -2.39. The van der Waals surface area contributed by atoms with Crippen molar-refractivity contribution >= 4 is 23.2 Å². The van der Waals surface area contributed by atoms with Crippen molar-refractivity contribution in [2.24, 2.45) is 5.92 Å². The number of fused-ring (bicyclic) bond motifs is 1. The van der Waals surface area contributed by atoms with Crippen LogP contribution in [-0.4, -0.2) is 22.6 Å². The predicted octanol–water partition coefficient (Wildman–Crippen LogP) is 3.16. The maximum absolute atomic E-state index is 12.9. The van der Waals surface area contributed by atoms with Gasteiger partial charge in [-0.2, -0.15) is 0 Å². The fourth-order valence-corrected chi connectivity index (χ4v) is 3.11. The molecule has 134 valence electrons. The van der Waals surface area contributed by atoms with E-state index >= 15 is 0 Å². The molecule has 0 bridgehead atoms. The second kappa shape index (κ2) is 6.18. The summed E-state index contributed by atoms with van der Waals surface area (Å²) in [7, 11) is 0. The maximum Gasteiger partial charge on any atom is 0.226 e. The molecule has 1 amide bonds. The zero-order valence-electron chi connectivity index (χ0n) is 15.2. The monoisotopic (exact) mass is 351 g/mol. The van der Waals surface area contributed by atoms with Gasteiger partial charge in [-0.25, -0.2) is 0 Å². The molecule has 0 saturated carbocycles. The summed E-state index contributed by atoms with van der Waals surface area (Å²) in [6.07, 6.45) is 0. The van der Waals surface area contributed by atoms with Crippen LogP contribution in [0.3, 0.4) is 0 Å². The average molecular weight is 351 g/mol. The second-order valence-corrected chi connectivity index (χ2v) is 7.04. The van der Waals surface area contributed by atoms with Crippen molar-refractivity contribution in [3.05, 3.63) is 64.2 Å². The fourth-order valence-electron chi connectivity index (χ4n) is 3.11. The van der Waals surface area contributed by atoms with Gasteiger partial charge in [0, 0.05) is 28.3 Å². The van der Waals surface area contributed by atoms with Gasteiger partial charge in [0.1, 0.15) is 0 Å². The molecular weight excluding hydrogens is 330 g/mol. The van der Waals surface area contributed by atoms with Crippen LogP contribution < -0.4 is 5.32 Å². The van der Waals surface area contributed by atoms with Crippen LogP contribution in [0, 0.1) is 19.8 Å². The Kier molecular flexibility index (Phi) is 4.28. The van der Waals surface area contributed by atoms with E-state index in [2.05, 4.69) is 5.32 Å². The number of ketones is 2. The van der Waals surface area contributed by atoms with Gasteiger partial charge >= 0.3 is 0 Å². The van der Waals surface area contributed by atoms with Crippen LogP contribution in [0.4, 0.5) is 5.69 Å². The Hall–Kier alpha value is -2.79. The average Bonchev–Trinajstić information content (AvgIpc) is 2.80. The molecule has 0 saturated heterocycles. The van der Waals surface area contributed by atoms with Crippen molar-refractivity contribution in [1.29, 1.82) is 0 Å². The van der Waals surface area contributed by atoms with Crippen molar-refractivity contribution in [1.82, 2.24) is 0 Å². The highest BCUT2D eigenvalue weighted by Crippen LogP contribution is 2.41. The number of rotatable bonds is 3. The first-order chi connectivity index (χ1) is 12.2. The first-order valence-electron chi connectivity index (χ1n) is 8.51. The quantitative estimate of drug-likeness (QED) is 0.832. The van der Waals surface area contributed by atoms with Gasteiger partial charge < -0.3 is 10.4 Å². The maximum atomic E-state index is 12.9. The normalized spacial score (nSPS) is 15.3. The summed E-state index contributed by atoms with van der Waals surface area (Å²) in [4.78, 5) is 38.0. The number of hydrogen-bond acceptors (Lipinski definition) is 4. The molecule has 0 aliphatic heterocycles. The zero-order valence-corrected chi connectivity index (χ0v) is 15.2. The molecule has 0 radical (unpaired) electrons. The summed E-state index contributed by atoms with van der Waals surface area (Å²) in [5, 5.41) is 14.0. The number of aliphatic hydroxyl groups is 1. The fraction of sp³-hybridized carbons (Fsp3) is 0.286. The van der Waals surface area contributed by atoms with E-state index in [-0.39, 0.29) is 34.2 Å². The van der Waals surface area contributed by atoms with Gasteiger partial charge in [0.2, 0.25) is 23.1 Å². The van der Waals surface area contributed by atoms with E-state index in [4.69, 9.17) is 0 Å². The second-order valence-electron chi connectivity index (χ2n) is 7.04. The molecule has 0 spiro atoms. The molecule has 3 rings (SSSR count). The number of carbonyl (C=O) groups is 3. The summed E-state index contributed by atoms with van der Waals surface area (Å²) in [6.45, 7) is 7.17. The molecule has 1 aliphatic rings. The number of Topliss-reactive ketones (excluding diaryl/α,β-unsaturated/α-hetero) is 2. The van der Waals surface area contributed by atoms with Crippen LogP contribution in [0.25, 0.3) is 0 Å². The summed E-state index contributed by atoms with van der Waals surface area (Å²) >= 11 is 0. The third-order valence-electron chi connectivity index (χ3n) is 4.88. The Morgan fingerprint density at radius 3 is 2.00 bits per heavy atom. The Balaban J connectivity index is 2.20. The highest BCUT2D eigenvalue weighted by molar-refractivity contribution is 6.32. The van der Waals surface area contributed by atoms with E-state index in [0.29, 0.717) is 0 Å². The van der Waals surface area contributed by atoms with Gasteiger partial charge in [-0.1, -0.05) is 38.1 Å². The lowest BCUT2D eigenvalue weighted by Gasteiger charge is -2.25. The van der Waals surface area contributed by atoms with Gasteiger partial charge in [0.15, 0.2) is 0 Å². The van der Waals surface area contributed by atoms with E-state index in [1.54, 1.807) is 38.1 Å². The van der Waals surface area contributed by atoms with E-state index < -0.39 is 17.2 Å². The molecule has 0 aromatic heterocycles. The molecule has 0 atom stereocenters. The van der Waals surface area contributed by atoms with Gasteiger partial charge in [-0.05, 0) is 37.1 Å². The Morgan fingerprint density at radius 1 is 1.00 bits per heavy atom. The van der Waals surface area contributed by atoms with Crippen molar-refractivity contribution in [3.8, 4) is 0 Å². The minimum atomic E-state index is -2.33. The van der Waals surface area contributed by atoms with E-state index in [1.807, 2.05) is 13.8 Å². The summed E-state index contributed by atoms with van der Waals surface area (Å²) < 4.78 is 0. The number of nitrogens with one attached hydrogen (secondary N) is 1. The van der Waals surface area contributed by atoms with Crippen molar-refractivity contribution in [2.75, 3.05) is 5.32 Å². The van der Waals surface area contributed by atoms with Gasteiger partial charge in [-0.3, -0.25) is 14.4 Å². The smallest absolute Gasteiger partial charge is 0.226 e. The van der Waals surface area contributed by atoms with Crippen molar-refractivity contribution in [3.63, 3.8) is 0 Å². The SMILES string of the molecule is Cc1cc(NC(=O)C(C)C)c(C2(O)C(=O)c3ccccc3C2=O)cc1C. The van der Waals surface area contributed by atoms with E-state index in [9.17, 15) is 19.5 Å². The van der Waals surface area contributed by atoms with Gasteiger partial charge in [0.25, 0.3) is 0 Å². The molecule has 2 aromatic carbocycles. The molecule has 0 unspecified atom stereocenters. The van der Waals surface area contributed by atoms with Crippen LogP contribution in [0.2, 0.25) is 0 Å². The topological polar surface area (TPSA) is 83.5 Å². The molecule has 2 aromatic rings. The van der Waals surface area contributed by atoms with Gasteiger partial charge in [-0.15, -0.1) is 0 Å². The molecule has 0 fully saturated rings. The number of benzene rings is 2. The summed E-state index contributed by atoms with van der Waals surface area (Å²) in [6, 6.07) is 9.65. The van der Waals surface area contributed by atoms with Crippen LogP contribution in [0.1, 0.15) is 51.3 Å². The van der Waals surface area contributed by atoms with Crippen LogP contribution in [-0.2, 0) is 10.4 Å². The number of aryl methyl sites for hydroxylation is 2. The lowest BCUT2D eigenvalue weighted by atomic mass is 9.85. The number of hydrogen-bond donors (Lipinski definition) is 2. The minimum absolute atomic E-state index is 0.112. The standard InChI is InChI=1S/C21H21NO4/c1-11(2)20(25)22-17-10-13(4)12(3)9-16(17)21(26)18(23)14-7-5-6-8-15(14)19(21)24/h5-11,26H,1-4H3,(H,22,25). The first-order valence-corrected chi connectivity index (χ1v) is 8.51. The molecular formula is C21H21NO4. The third-order valence-corrected chi connectivity index (χ3v) is 4.88. The van der Waals surface area contributed by atoms with E-state index in [1.165, 1.54) is 12.1 Å². The Bertz CT molecular complexity index is 908. The van der Waals surface area contributed by atoms with Gasteiger partial charge in [0.05, 0.1) is 0 Å². The van der Waals surface area contributed by atoms with Crippen molar-refractivity contribution in [2.45, 2.75) is 33.3 Å². The summed E-state index contributed by atoms with van der Waals surface area (Å²) in [5.41, 5.74) is 0.143. The minimum Gasteiger partial charge on any atom is -0.370 e. The van der Waals surface area contributed by atoms with E-state index in [0.717, 1.165) is 11.1 Å². The Labute approximate surface area is 152 Å². The molecule has 5 heteroatoms. The lowest BCUT2D eigenvalue weighted by molar-refractivity contribution is -0.118. The van der Waals surface area contributed by atoms with Crippen LogP contribution in [0.5, 0.6) is 0 Å². The van der Waals surface area contributed by atoms with Crippen LogP contribution in [0.15, 0.2) is 36.4 Å². The van der Waals surface area contributed by atoms with Crippen LogP contribution >= 0.6 is 0 Å². The molecule has 1 aliphatic carbocycles. The number of carbonyl (C=O) groups excluding carboxylic acids is 3. The summed E-state index contributed by atoms with van der Waals surface area (Å²) in [5.74, 6) is -1.87. The third kappa shape index (κ3) is 2.56. The number of amides is 1. The molecule has 0 heterocycles. The highest BCUT2D eigenvalue weighted by Gasteiger charge is 2.54. The molecule has 26 heavy (non-hydrogen) atoms. The Morgan fingerprint density at radius 2 is 1.50 bits per heavy atom. The first kappa shape index (κ1) is 18.0. The largest absolute Gasteiger partial charge is 0.370 e. The van der Waals surface area contributed by atoms with Crippen molar-refractivity contribution < 1.29 is 19.5 Å². The molecule has 2 N–H and O–H groups in total. The number of anilines is 1. The zero-order chi connectivity index (χ0) is 19.2. The molecule has 5 nitrogen and oxygen atoms in total.